The third-order valence-corrected chi connectivity index (χ3v) is 3.69. The van der Waals surface area contributed by atoms with Crippen LogP contribution in [0.4, 0.5) is 0 Å². The molecule has 0 aliphatic rings. The van der Waals surface area contributed by atoms with Crippen LogP contribution >= 0.6 is 12.2 Å². The van der Waals surface area contributed by atoms with Crippen molar-refractivity contribution in [3.05, 3.63) is 69.4 Å². The fourth-order valence-corrected chi connectivity index (χ4v) is 2.47. The predicted molar refractivity (Wildman–Crippen MR) is 97.7 cm³/mol. The van der Waals surface area contributed by atoms with E-state index in [0.29, 0.717) is 11.4 Å². The van der Waals surface area contributed by atoms with E-state index in [1.165, 1.54) is 12.4 Å². The largest absolute Gasteiger partial charge is 0.335 e. The van der Waals surface area contributed by atoms with E-state index in [4.69, 9.17) is 12.2 Å². The molecule has 1 aromatic carbocycles. The molecule has 3 aromatic rings. The molecule has 0 aliphatic heterocycles. The summed E-state index contributed by atoms with van der Waals surface area (Å²) in [6.07, 6.45) is 3.04. The Morgan fingerprint density at radius 2 is 2.08 bits per heavy atom. The second-order valence-corrected chi connectivity index (χ2v) is 5.82. The number of carbonyl (C=O) groups is 1. The second kappa shape index (κ2) is 7.66. The van der Waals surface area contributed by atoms with Gasteiger partial charge in [0.1, 0.15) is 12.7 Å². The van der Waals surface area contributed by atoms with Crippen molar-refractivity contribution in [3.63, 3.8) is 0 Å². The van der Waals surface area contributed by atoms with E-state index in [1.807, 2.05) is 24.3 Å². The molecule has 3 rings (SSSR count). The number of amides is 1. The van der Waals surface area contributed by atoms with Gasteiger partial charge in [0.25, 0.3) is 5.56 Å². The minimum Gasteiger partial charge on any atom is -0.335 e. The molecular weight excluding hydrogens is 354 g/mol. The second-order valence-electron chi connectivity index (χ2n) is 5.41. The van der Waals surface area contributed by atoms with Crippen molar-refractivity contribution in [3.8, 4) is 5.69 Å². The molecular formula is C16H15N7O2S. The first-order valence-corrected chi connectivity index (χ1v) is 8.03. The molecule has 0 aliphatic carbocycles. The van der Waals surface area contributed by atoms with Gasteiger partial charge in [0, 0.05) is 11.8 Å². The van der Waals surface area contributed by atoms with Gasteiger partial charge in [0.2, 0.25) is 5.91 Å². The summed E-state index contributed by atoms with van der Waals surface area (Å²) in [6, 6.07) is 8.78. The first kappa shape index (κ1) is 17.4. The van der Waals surface area contributed by atoms with Crippen molar-refractivity contribution < 1.29 is 4.79 Å². The van der Waals surface area contributed by atoms with Crippen molar-refractivity contribution >= 4 is 23.8 Å². The maximum atomic E-state index is 12.0. The fourth-order valence-electron chi connectivity index (χ4n) is 2.23. The van der Waals surface area contributed by atoms with Gasteiger partial charge in [-0.25, -0.2) is 15.1 Å². The van der Waals surface area contributed by atoms with Crippen LogP contribution in [-0.4, -0.2) is 36.4 Å². The summed E-state index contributed by atoms with van der Waals surface area (Å²) in [5.74, 6) is -0.361. The molecule has 0 bridgehead atoms. The summed E-state index contributed by atoms with van der Waals surface area (Å²) >= 11 is 4.87. The number of H-pyrrole nitrogens is 2. The molecule has 0 unspecified atom stereocenters. The number of rotatable bonds is 5. The topological polar surface area (TPSA) is 121 Å². The fraction of sp³-hybridized carbons (Fsp3) is 0.125. The number of aromatic nitrogens is 5. The first-order valence-electron chi connectivity index (χ1n) is 7.62. The maximum absolute atomic E-state index is 12.0. The number of hydrogen-bond donors (Lipinski definition) is 3. The molecule has 2 aromatic heterocycles. The lowest BCUT2D eigenvalue weighted by molar-refractivity contribution is -0.120. The van der Waals surface area contributed by atoms with Gasteiger partial charge in [0.15, 0.2) is 4.77 Å². The third-order valence-electron chi connectivity index (χ3n) is 3.48. The zero-order valence-corrected chi connectivity index (χ0v) is 14.6. The number of nitrogens with zero attached hydrogens (tertiary/aromatic N) is 4. The van der Waals surface area contributed by atoms with E-state index in [1.54, 1.807) is 17.9 Å². The molecule has 0 spiro atoms. The normalized spacial score (nSPS) is 11.3. The summed E-state index contributed by atoms with van der Waals surface area (Å²) in [6.45, 7) is 1.78. The summed E-state index contributed by atoms with van der Waals surface area (Å²) in [5, 5.41) is 8.14. The Balaban J connectivity index is 1.65. The van der Waals surface area contributed by atoms with Crippen molar-refractivity contribution in [1.82, 2.24) is 30.2 Å². The van der Waals surface area contributed by atoms with Gasteiger partial charge in [-0.1, -0.05) is 12.1 Å². The van der Waals surface area contributed by atoms with Crippen LogP contribution in [0.5, 0.6) is 0 Å². The van der Waals surface area contributed by atoms with Crippen LogP contribution in [-0.2, 0) is 11.2 Å². The van der Waals surface area contributed by atoms with E-state index in [-0.39, 0.29) is 22.7 Å². The lowest BCUT2D eigenvalue weighted by Gasteiger charge is -2.05. The summed E-state index contributed by atoms with van der Waals surface area (Å²) in [7, 11) is 0. The van der Waals surface area contributed by atoms with Crippen molar-refractivity contribution in [1.29, 1.82) is 0 Å². The molecule has 10 heteroatoms. The van der Waals surface area contributed by atoms with Gasteiger partial charge >= 0.3 is 0 Å². The number of carbonyl (C=O) groups excluding carboxylic acids is 1. The van der Waals surface area contributed by atoms with Crippen LogP contribution in [0.2, 0.25) is 0 Å². The van der Waals surface area contributed by atoms with E-state index in [9.17, 15) is 9.59 Å². The van der Waals surface area contributed by atoms with Crippen LogP contribution < -0.4 is 11.0 Å². The molecule has 0 fully saturated rings. The molecule has 9 nitrogen and oxygen atoms in total. The highest BCUT2D eigenvalue weighted by atomic mass is 32.1. The Hall–Kier alpha value is -3.40. The van der Waals surface area contributed by atoms with Crippen LogP contribution in [0.25, 0.3) is 5.69 Å². The number of hydrogen-bond acceptors (Lipinski definition) is 6. The molecule has 2 heterocycles. The van der Waals surface area contributed by atoms with Crippen LogP contribution in [0.1, 0.15) is 18.2 Å². The summed E-state index contributed by atoms with van der Waals surface area (Å²) in [4.78, 5) is 32.4. The highest BCUT2D eigenvalue weighted by molar-refractivity contribution is 7.71. The lowest BCUT2D eigenvalue weighted by atomic mass is 10.1. The third kappa shape index (κ3) is 4.36. The Morgan fingerprint density at radius 1 is 1.31 bits per heavy atom. The molecule has 0 radical (unpaired) electrons. The van der Waals surface area contributed by atoms with Gasteiger partial charge in [-0.05, 0) is 36.8 Å². The molecule has 0 saturated heterocycles. The van der Waals surface area contributed by atoms with Gasteiger partial charge in [0.05, 0.1) is 17.8 Å². The SMILES string of the molecule is C/C(=N/NC(=O)Cc1cc(=O)[nH]c(=S)[nH]1)c1ccc(-n2cncn2)cc1. The zero-order valence-electron chi connectivity index (χ0n) is 13.8. The van der Waals surface area contributed by atoms with Crippen LogP contribution in [0, 0.1) is 4.77 Å². The maximum Gasteiger partial charge on any atom is 0.251 e. The summed E-state index contributed by atoms with van der Waals surface area (Å²) in [5.41, 5.74) is 4.89. The number of aromatic amines is 2. The predicted octanol–water partition coefficient (Wildman–Crippen LogP) is 1.10. The highest BCUT2D eigenvalue weighted by Crippen LogP contribution is 2.08. The van der Waals surface area contributed by atoms with Crippen molar-refractivity contribution in [2.24, 2.45) is 5.10 Å². The highest BCUT2D eigenvalue weighted by Gasteiger charge is 2.05. The van der Waals surface area contributed by atoms with E-state index < -0.39 is 0 Å². The Labute approximate surface area is 152 Å². The van der Waals surface area contributed by atoms with E-state index in [2.05, 4.69) is 30.6 Å². The smallest absolute Gasteiger partial charge is 0.251 e. The van der Waals surface area contributed by atoms with Crippen molar-refractivity contribution in [2.75, 3.05) is 0 Å². The molecule has 1 amide bonds. The quantitative estimate of drug-likeness (QED) is 0.353. The molecule has 3 N–H and O–H groups in total. The first-order chi connectivity index (χ1) is 12.5. The van der Waals surface area contributed by atoms with Gasteiger partial charge in [-0.3, -0.25) is 14.6 Å². The lowest BCUT2D eigenvalue weighted by Crippen LogP contribution is -2.23. The van der Waals surface area contributed by atoms with Crippen LogP contribution in [0.3, 0.4) is 0 Å². The van der Waals surface area contributed by atoms with E-state index >= 15 is 0 Å². The Morgan fingerprint density at radius 3 is 2.73 bits per heavy atom. The minimum atomic E-state index is -0.361. The number of hydrazone groups is 1. The van der Waals surface area contributed by atoms with Gasteiger partial charge in [-0.15, -0.1) is 0 Å². The Kier molecular flexibility index (Phi) is 5.13. The zero-order chi connectivity index (χ0) is 18.5. The number of nitrogens with one attached hydrogen (secondary N) is 3. The summed E-state index contributed by atoms with van der Waals surface area (Å²) < 4.78 is 1.82. The van der Waals surface area contributed by atoms with E-state index in [0.717, 1.165) is 11.3 Å². The molecule has 0 saturated carbocycles. The molecule has 132 valence electrons. The van der Waals surface area contributed by atoms with Crippen molar-refractivity contribution in [2.45, 2.75) is 13.3 Å². The number of benzene rings is 1. The average molecular weight is 369 g/mol. The monoisotopic (exact) mass is 369 g/mol. The van der Waals surface area contributed by atoms with Crippen LogP contribution in [0.15, 0.2) is 52.9 Å². The van der Waals surface area contributed by atoms with Gasteiger partial charge in [-0.2, -0.15) is 10.2 Å². The average Bonchev–Trinajstić information content (AvgIpc) is 3.13. The minimum absolute atomic E-state index is 0.0322. The standard InChI is InChI=1S/C16H15N7O2S/c1-10(11-2-4-13(5-3-11)23-9-17-8-18-23)21-22-15(25)7-12-6-14(24)20-16(26)19-12/h2-6,8-9H,7H2,1H3,(H,22,25)(H2,19,20,24,26)/b21-10-. The Bertz CT molecular complexity index is 1020. The van der Waals surface area contributed by atoms with Gasteiger partial charge < -0.3 is 4.98 Å². The molecule has 26 heavy (non-hydrogen) atoms. The molecule has 0 atom stereocenters.